The molecule has 0 saturated carbocycles. The molecule has 2 amide bonds. The highest BCUT2D eigenvalue weighted by atomic mass is 79.9. The molecule has 0 aromatic heterocycles. The lowest BCUT2D eigenvalue weighted by Gasteiger charge is -2.35. The fourth-order valence-corrected chi connectivity index (χ4v) is 4.88. The second-order valence-corrected chi connectivity index (χ2v) is 9.97. The number of amides is 2. The van der Waals surface area contributed by atoms with E-state index in [1.807, 2.05) is 54.6 Å². The van der Waals surface area contributed by atoms with E-state index in [1.165, 1.54) is 12.0 Å². The van der Waals surface area contributed by atoms with Gasteiger partial charge in [-0.2, -0.15) is 0 Å². The van der Waals surface area contributed by atoms with E-state index in [1.54, 1.807) is 18.2 Å². The van der Waals surface area contributed by atoms with Crippen molar-refractivity contribution in [3.63, 3.8) is 0 Å². The molecule has 3 aromatic carbocycles. The van der Waals surface area contributed by atoms with Crippen molar-refractivity contribution >= 4 is 45.5 Å². The zero-order chi connectivity index (χ0) is 26.4. The summed E-state index contributed by atoms with van der Waals surface area (Å²) in [5.41, 5.74) is 3.47. The maximum Gasteiger partial charge on any atom is 0.411 e. The number of methoxy groups -OCH3 is 1. The van der Waals surface area contributed by atoms with Crippen molar-refractivity contribution in [1.82, 2.24) is 10.2 Å². The van der Waals surface area contributed by atoms with Crippen LogP contribution < -0.4 is 5.32 Å². The zero-order valence-corrected chi connectivity index (χ0v) is 22.5. The van der Waals surface area contributed by atoms with Crippen LogP contribution in [-0.4, -0.2) is 42.1 Å². The summed E-state index contributed by atoms with van der Waals surface area (Å²) in [7, 11) is 1.26. The van der Waals surface area contributed by atoms with Gasteiger partial charge in [0.2, 0.25) is 5.91 Å². The van der Waals surface area contributed by atoms with E-state index in [4.69, 9.17) is 21.1 Å². The van der Waals surface area contributed by atoms with Crippen LogP contribution >= 0.6 is 27.5 Å². The van der Waals surface area contributed by atoms with Gasteiger partial charge in [0.25, 0.3) is 0 Å². The average Bonchev–Trinajstić information content (AvgIpc) is 2.92. The lowest BCUT2D eigenvalue weighted by molar-refractivity contribution is -0.145. The lowest BCUT2D eigenvalue weighted by atomic mass is 9.93. The van der Waals surface area contributed by atoms with Crippen LogP contribution in [-0.2, 0) is 45.1 Å². The van der Waals surface area contributed by atoms with Crippen LogP contribution in [0.3, 0.4) is 0 Å². The van der Waals surface area contributed by atoms with Gasteiger partial charge in [-0.05, 0) is 40.5 Å². The van der Waals surface area contributed by atoms with Crippen molar-refractivity contribution in [2.24, 2.45) is 0 Å². The van der Waals surface area contributed by atoms with E-state index in [0.29, 0.717) is 5.02 Å². The maximum absolute atomic E-state index is 13.6. The Bertz CT molecular complexity index is 1290. The van der Waals surface area contributed by atoms with Crippen LogP contribution in [0.5, 0.6) is 0 Å². The SMILES string of the molecule is COC(=O)[C@@H](Cc1cc(Cl)ccc1Br)NC(=O)[C@@H]1Cc2ccccc2CN1C(=O)OCc1ccccc1. The zero-order valence-electron chi connectivity index (χ0n) is 20.2. The molecule has 0 bridgehead atoms. The Labute approximate surface area is 228 Å². The van der Waals surface area contributed by atoms with Crippen LogP contribution in [0.4, 0.5) is 4.79 Å². The molecule has 1 N–H and O–H groups in total. The summed E-state index contributed by atoms with van der Waals surface area (Å²) in [6.45, 7) is 0.296. The summed E-state index contributed by atoms with van der Waals surface area (Å²) in [5.74, 6) is -1.07. The van der Waals surface area contributed by atoms with E-state index in [9.17, 15) is 14.4 Å². The Balaban J connectivity index is 1.55. The number of benzene rings is 3. The van der Waals surface area contributed by atoms with Gasteiger partial charge in [-0.15, -0.1) is 0 Å². The van der Waals surface area contributed by atoms with Gasteiger partial charge in [0.15, 0.2) is 0 Å². The summed E-state index contributed by atoms with van der Waals surface area (Å²) in [5, 5.41) is 3.30. The van der Waals surface area contributed by atoms with Crippen molar-refractivity contribution in [2.75, 3.05) is 7.11 Å². The molecular formula is C28H26BrClN2O5. The van der Waals surface area contributed by atoms with Gasteiger partial charge in [-0.3, -0.25) is 9.69 Å². The highest BCUT2D eigenvalue weighted by molar-refractivity contribution is 9.10. The second-order valence-electron chi connectivity index (χ2n) is 8.68. The highest BCUT2D eigenvalue weighted by Crippen LogP contribution is 2.26. The number of hydrogen-bond donors (Lipinski definition) is 1. The average molecular weight is 586 g/mol. The summed E-state index contributed by atoms with van der Waals surface area (Å²) >= 11 is 9.60. The molecule has 7 nitrogen and oxygen atoms in total. The first-order chi connectivity index (χ1) is 17.9. The predicted molar refractivity (Wildman–Crippen MR) is 143 cm³/mol. The van der Waals surface area contributed by atoms with Gasteiger partial charge in [-0.25, -0.2) is 9.59 Å². The Kier molecular flexibility index (Phi) is 8.84. The largest absolute Gasteiger partial charge is 0.467 e. The number of hydrogen-bond acceptors (Lipinski definition) is 5. The standard InChI is InChI=1S/C28H26BrClN2O5/c1-36-27(34)24(14-21-13-22(30)11-12-23(21)29)31-26(33)25-15-19-9-5-6-10-20(19)16-32(25)28(35)37-17-18-7-3-2-4-8-18/h2-13,24-25H,14-17H2,1H3,(H,31,33)/t24-,25+/m1/s1. The third kappa shape index (κ3) is 6.70. The number of esters is 1. The molecule has 0 spiro atoms. The minimum Gasteiger partial charge on any atom is -0.467 e. The summed E-state index contributed by atoms with van der Waals surface area (Å²) in [6.07, 6.45) is -0.163. The third-order valence-corrected chi connectivity index (χ3v) is 7.23. The van der Waals surface area contributed by atoms with E-state index < -0.39 is 30.1 Å². The van der Waals surface area contributed by atoms with Crippen molar-refractivity contribution in [3.8, 4) is 0 Å². The lowest BCUT2D eigenvalue weighted by Crippen LogP contribution is -2.56. The van der Waals surface area contributed by atoms with Gasteiger partial charge in [0.1, 0.15) is 18.7 Å². The first-order valence-corrected chi connectivity index (χ1v) is 12.9. The second kappa shape index (κ2) is 12.3. The molecule has 0 fully saturated rings. The molecule has 0 unspecified atom stereocenters. The Hall–Kier alpha value is -3.36. The topological polar surface area (TPSA) is 84.9 Å². The molecule has 192 valence electrons. The molecule has 0 aliphatic carbocycles. The van der Waals surface area contributed by atoms with Gasteiger partial charge >= 0.3 is 12.1 Å². The Morgan fingerprint density at radius 1 is 1.05 bits per heavy atom. The number of ether oxygens (including phenoxy) is 2. The van der Waals surface area contributed by atoms with Crippen molar-refractivity contribution in [2.45, 2.75) is 38.1 Å². The van der Waals surface area contributed by atoms with E-state index in [-0.39, 0.29) is 26.0 Å². The number of rotatable bonds is 7. The van der Waals surface area contributed by atoms with Gasteiger partial charge in [-0.1, -0.05) is 82.1 Å². The van der Waals surface area contributed by atoms with E-state index in [2.05, 4.69) is 21.2 Å². The Morgan fingerprint density at radius 3 is 2.49 bits per heavy atom. The monoisotopic (exact) mass is 584 g/mol. The molecule has 9 heteroatoms. The van der Waals surface area contributed by atoms with Crippen LogP contribution in [0.2, 0.25) is 5.02 Å². The molecule has 0 saturated heterocycles. The molecule has 1 heterocycles. The fourth-order valence-electron chi connectivity index (χ4n) is 4.27. The van der Waals surface area contributed by atoms with Crippen molar-refractivity contribution in [1.29, 1.82) is 0 Å². The highest BCUT2D eigenvalue weighted by Gasteiger charge is 2.37. The number of halogens is 2. The molecule has 0 radical (unpaired) electrons. The molecule has 2 atom stereocenters. The molecule has 3 aromatic rings. The Morgan fingerprint density at radius 2 is 1.76 bits per heavy atom. The van der Waals surface area contributed by atoms with Crippen LogP contribution in [0.15, 0.2) is 77.3 Å². The molecule has 1 aliphatic rings. The summed E-state index contributed by atoms with van der Waals surface area (Å²) in [6, 6.07) is 20.3. The number of carbonyl (C=O) groups excluding carboxylic acids is 3. The van der Waals surface area contributed by atoms with Crippen LogP contribution in [0.1, 0.15) is 22.3 Å². The quantitative estimate of drug-likeness (QED) is 0.392. The van der Waals surface area contributed by atoms with E-state index in [0.717, 1.165) is 26.7 Å². The fraction of sp³-hybridized carbons (Fsp3) is 0.250. The summed E-state index contributed by atoms with van der Waals surface area (Å²) in [4.78, 5) is 40.7. The number of fused-ring (bicyclic) bond motifs is 1. The van der Waals surface area contributed by atoms with Crippen molar-refractivity contribution < 1.29 is 23.9 Å². The number of nitrogens with one attached hydrogen (secondary N) is 1. The molecule has 1 aliphatic heterocycles. The number of nitrogens with zero attached hydrogens (tertiary/aromatic N) is 1. The predicted octanol–water partition coefficient (Wildman–Crippen LogP) is 5.07. The molecular weight excluding hydrogens is 560 g/mol. The van der Waals surface area contributed by atoms with Crippen LogP contribution in [0, 0.1) is 0 Å². The third-order valence-electron chi connectivity index (χ3n) is 6.22. The van der Waals surface area contributed by atoms with Gasteiger partial charge in [0.05, 0.1) is 13.7 Å². The first-order valence-electron chi connectivity index (χ1n) is 11.7. The van der Waals surface area contributed by atoms with E-state index >= 15 is 0 Å². The van der Waals surface area contributed by atoms with Gasteiger partial charge < -0.3 is 14.8 Å². The van der Waals surface area contributed by atoms with Gasteiger partial charge in [0, 0.05) is 22.3 Å². The summed E-state index contributed by atoms with van der Waals surface area (Å²) < 4.78 is 11.3. The first kappa shape index (κ1) is 26.7. The maximum atomic E-state index is 13.6. The minimum atomic E-state index is -0.980. The number of carbonyl (C=O) groups is 3. The molecule has 4 rings (SSSR count). The normalized spacial score (nSPS) is 15.3. The van der Waals surface area contributed by atoms with Crippen LogP contribution in [0.25, 0.3) is 0 Å². The molecule has 37 heavy (non-hydrogen) atoms. The van der Waals surface area contributed by atoms with Crippen molar-refractivity contribution in [3.05, 3.63) is 105 Å². The minimum absolute atomic E-state index is 0.0831. The smallest absolute Gasteiger partial charge is 0.411 e.